The molecule has 0 heterocycles. The Kier molecular flexibility index (Phi) is 11.1. The Morgan fingerprint density at radius 3 is 1.38 bits per heavy atom. The molecule has 0 saturated heterocycles. The molecule has 29 heavy (non-hydrogen) atoms. The van der Waals surface area contributed by atoms with Crippen molar-refractivity contribution in [1.29, 1.82) is 0 Å². The Bertz CT molecular complexity index is 628. The summed E-state index contributed by atoms with van der Waals surface area (Å²) in [6.45, 7) is 3.99. The van der Waals surface area contributed by atoms with E-state index in [2.05, 4.69) is 0 Å². The minimum absolute atomic E-state index is 0.107. The van der Waals surface area contributed by atoms with Crippen LogP contribution in [0, 0.1) is 0 Å². The lowest BCUT2D eigenvalue weighted by Crippen LogP contribution is -2.56. The number of esters is 5. The van der Waals surface area contributed by atoms with E-state index in [1.54, 1.807) is 0 Å². The second-order valence-electron chi connectivity index (χ2n) is 5.76. The Hall–Kier alpha value is -3.02. The van der Waals surface area contributed by atoms with Crippen LogP contribution < -0.4 is 0 Å². The summed E-state index contributed by atoms with van der Waals surface area (Å²) >= 11 is 0. The molecule has 12 nitrogen and oxygen atoms in total. The van der Waals surface area contributed by atoms with Crippen molar-refractivity contribution in [2.24, 2.45) is 0 Å². The first-order valence-corrected chi connectivity index (χ1v) is 8.35. The van der Waals surface area contributed by atoms with Gasteiger partial charge in [0.1, 0.15) is 0 Å². The first kappa shape index (κ1) is 26.0. The first-order valence-electron chi connectivity index (χ1n) is 8.35. The Morgan fingerprint density at radius 2 is 1.03 bits per heavy atom. The maximum Gasteiger partial charge on any atom is 0.303 e. The minimum atomic E-state index is -1.79. The maximum absolute atomic E-state index is 11.6. The molecular formula is C17H24O12. The third-order valence-electron chi connectivity index (χ3n) is 3.18. The highest BCUT2D eigenvalue weighted by Crippen LogP contribution is 2.22. The number of rotatable bonds is 11. The van der Waals surface area contributed by atoms with Crippen LogP contribution >= 0.6 is 0 Å². The summed E-state index contributed by atoms with van der Waals surface area (Å²) in [7, 11) is 0. The SMILES string of the molecule is CC(=O)O[C@H]([C@@H](OC(C)=O)[C@H](C=O)OC(C)=O)[C@H](OC(C)=O)[C@@H](CO)OC(C)=O. The predicted octanol–water partition coefficient (Wildman–Crippen LogP) is -1.16. The zero-order valence-corrected chi connectivity index (χ0v) is 16.6. The van der Waals surface area contributed by atoms with E-state index in [0.717, 1.165) is 34.6 Å². The Labute approximate surface area is 166 Å². The molecule has 0 aromatic carbocycles. The highest BCUT2D eigenvalue weighted by molar-refractivity contribution is 5.72. The number of aliphatic hydroxyl groups excluding tert-OH is 1. The van der Waals surface area contributed by atoms with E-state index in [-0.39, 0.29) is 6.29 Å². The fourth-order valence-corrected chi connectivity index (χ4v) is 2.36. The molecule has 0 radical (unpaired) electrons. The number of carbonyl (C=O) groups is 6. The molecule has 0 aromatic heterocycles. The zero-order valence-electron chi connectivity index (χ0n) is 16.6. The van der Waals surface area contributed by atoms with Gasteiger partial charge in [-0.15, -0.1) is 0 Å². The summed E-state index contributed by atoms with van der Waals surface area (Å²) in [5.41, 5.74) is 0. The van der Waals surface area contributed by atoms with E-state index in [1.165, 1.54) is 0 Å². The summed E-state index contributed by atoms with van der Waals surface area (Å²) in [5, 5.41) is 9.57. The van der Waals surface area contributed by atoms with Gasteiger partial charge in [-0.25, -0.2) is 0 Å². The first-order chi connectivity index (χ1) is 13.4. The molecule has 164 valence electrons. The predicted molar refractivity (Wildman–Crippen MR) is 90.9 cm³/mol. The van der Waals surface area contributed by atoms with Crippen LogP contribution in [0.1, 0.15) is 34.6 Å². The topological polar surface area (TPSA) is 169 Å². The van der Waals surface area contributed by atoms with Crippen LogP contribution in [-0.4, -0.2) is 78.4 Å². The van der Waals surface area contributed by atoms with Gasteiger partial charge in [-0.05, 0) is 0 Å². The molecule has 0 aliphatic rings. The molecule has 0 rings (SSSR count). The Morgan fingerprint density at radius 1 is 0.655 bits per heavy atom. The molecule has 1 N–H and O–H groups in total. The van der Waals surface area contributed by atoms with Crippen LogP contribution in [0.4, 0.5) is 0 Å². The second kappa shape index (κ2) is 12.4. The van der Waals surface area contributed by atoms with Crippen molar-refractivity contribution in [3.05, 3.63) is 0 Å². The number of carbonyl (C=O) groups excluding carboxylic acids is 6. The quantitative estimate of drug-likeness (QED) is 0.242. The third kappa shape index (κ3) is 9.65. The number of aliphatic hydroxyl groups is 1. The molecule has 0 saturated carbocycles. The largest absolute Gasteiger partial charge is 0.456 e. The van der Waals surface area contributed by atoms with Crippen molar-refractivity contribution in [3.8, 4) is 0 Å². The van der Waals surface area contributed by atoms with E-state index in [4.69, 9.17) is 23.7 Å². The molecule has 12 heteroatoms. The van der Waals surface area contributed by atoms with E-state index in [1.807, 2.05) is 0 Å². The van der Waals surface area contributed by atoms with Gasteiger partial charge < -0.3 is 28.8 Å². The lowest BCUT2D eigenvalue weighted by Gasteiger charge is -2.36. The van der Waals surface area contributed by atoms with Gasteiger partial charge in [-0.3, -0.25) is 28.8 Å². The van der Waals surface area contributed by atoms with Crippen molar-refractivity contribution >= 4 is 36.1 Å². The van der Waals surface area contributed by atoms with Gasteiger partial charge in [-0.2, -0.15) is 0 Å². The number of hydrogen-bond donors (Lipinski definition) is 1. The minimum Gasteiger partial charge on any atom is -0.456 e. The van der Waals surface area contributed by atoms with Crippen LogP contribution in [0.5, 0.6) is 0 Å². The fraction of sp³-hybridized carbons (Fsp3) is 0.647. The fourth-order valence-electron chi connectivity index (χ4n) is 2.36. The van der Waals surface area contributed by atoms with Gasteiger partial charge in [0.25, 0.3) is 0 Å². The van der Waals surface area contributed by atoms with Gasteiger partial charge in [0.2, 0.25) is 0 Å². The molecular weight excluding hydrogens is 396 g/mol. The van der Waals surface area contributed by atoms with Crippen molar-refractivity contribution in [1.82, 2.24) is 0 Å². The highest BCUT2D eigenvalue weighted by atomic mass is 16.6. The molecule has 0 amide bonds. The summed E-state index contributed by atoms with van der Waals surface area (Å²) in [6.07, 6.45) is -8.51. The van der Waals surface area contributed by atoms with E-state index < -0.39 is 67.0 Å². The zero-order chi connectivity index (χ0) is 22.7. The van der Waals surface area contributed by atoms with E-state index >= 15 is 0 Å². The van der Waals surface area contributed by atoms with Crippen molar-refractivity contribution in [3.63, 3.8) is 0 Å². The number of aldehydes is 1. The van der Waals surface area contributed by atoms with Crippen LogP contribution in [0.25, 0.3) is 0 Å². The molecule has 0 aromatic rings. The lowest BCUT2D eigenvalue weighted by atomic mass is 9.98. The van der Waals surface area contributed by atoms with Gasteiger partial charge in [0.15, 0.2) is 36.8 Å². The monoisotopic (exact) mass is 420 g/mol. The third-order valence-corrected chi connectivity index (χ3v) is 3.18. The maximum atomic E-state index is 11.6. The lowest BCUT2D eigenvalue weighted by molar-refractivity contribution is -0.210. The van der Waals surface area contributed by atoms with Gasteiger partial charge in [0.05, 0.1) is 6.61 Å². The Balaban J connectivity index is 6.38. The molecule has 0 spiro atoms. The summed E-state index contributed by atoms with van der Waals surface area (Å²) in [6, 6.07) is 0. The van der Waals surface area contributed by atoms with Crippen molar-refractivity contribution in [2.75, 3.05) is 6.61 Å². The highest BCUT2D eigenvalue weighted by Gasteiger charge is 2.47. The van der Waals surface area contributed by atoms with Gasteiger partial charge >= 0.3 is 29.8 Å². The number of hydrogen-bond acceptors (Lipinski definition) is 12. The van der Waals surface area contributed by atoms with E-state index in [0.29, 0.717) is 0 Å². The number of ether oxygens (including phenoxy) is 5. The average molecular weight is 420 g/mol. The molecule has 0 unspecified atom stereocenters. The van der Waals surface area contributed by atoms with Crippen molar-refractivity contribution in [2.45, 2.75) is 65.1 Å². The normalized spacial score (nSPS) is 15.5. The molecule has 0 aliphatic carbocycles. The van der Waals surface area contributed by atoms with Crippen LogP contribution in [0.3, 0.4) is 0 Å². The summed E-state index contributed by atoms with van der Waals surface area (Å²) < 4.78 is 24.7. The standard InChI is InChI=1S/C17H24O12/c1-8(20)25-13(6-18)15(27-10(3)22)17(29-12(5)24)16(28-11(4)23)14(7-19)26-9(2)21/h6,13-17,19H,7H2,1-5H3/t13-,14+,15-,16+,17+/m0/s1. The van der Waals surface area contributed by atoms with E-state index in [9.17, 15) is 33.9 Å². The van der Waals surface area contributed by atoms with Crippen molar-refractivity contribution < 1.29 is 57.6 Å². The molecule has 0 aliphatic heterocycles. The van der Waals surface area contributed by atoms with Crippen LogP contribution in [0.15, 0.2) is 0 Å². The molecule has 0 bridgehead atoms. The average Bonchev–Trinajstić information content (AvgIpc) is 2.58. The summed E-state index contributed by atoms with van der Waals surface area (Å²) in [4.78, 5) is 68.9. The summed E-state index contributed by atoms with van der Waals surface area (Å²) in [5.74, 6) is -4.66. The van der Waals surface area contributed by atoms with Crippen LogP contribution in [-0.2, 0) is 52.5 Å². The van der Waals surface area contributed by atoms with Gasteiger partial charge in [-0.1, -0.05) is 0 Å². The smallest absolute Gasteiger partial charge is 0.303 e. The van der Waals surface area contributed by atoms with Crippen LogP contribution in [0.2, 0.25) is 0 Å². The van der Waals surface area contributed by atoms with Gasteiger partial charge in [0, 0.05) is 34.6 Å². The molecule has 0 fully saturated rings. The molecule has 5 atom stereocenters. The second-order valence-corrected chi connectivity index (χ2v) is 5.76.